The van der Waals surface area contributed by atoms with E-state index in [1.165, 1.54) is 16.7 Å². The van der Waals surface area contributed by atoms with Crippen molar-refractivity contribution in [1.29, 1.82) is 0 Å². The quantitative estimate of drug-likeness (QED) is 0.337. The molecule has 0 aliphatic carbocycles. The number of halogens is 1. The lowest BCUT2D eigenvalue weighted by Crippen LogP contribution is -2.55. The number of hydrogen-bond donors (Lipinski definition) is 1. The molecule has 0 spiro atoms. The minimum absolute atomic E-state index is 0.319. The number of nitrogens with zero attached hydrogens (tertiary/aromatic N) is 1. The van der Waals surface area contributed by atoms with Gasteiger partial charge in [0.15, 0.2) is 0 Å². The van der Waals surface area contributed by atoms with Crippen LogP contribution in [0.15, 0.2) is 91.0 Å². The Bertz CT molecular complexity index is 799. The molecule has 0 amide bonds. The van der Waals surface area contributed by atoms with Gasteiger partial charge < -0.3 is 0 Å². The summed E-state index contributed by atoms with van der Waals surface area (Å²) in [5.74, 6) is 0.319. The van der Waals surface area contributed by atoms with Crippen LogP contribution in [0.25, 0.3) is 0 Å². The molecule has 28 heavy (non-hydrogen) atoms. The van der Waals surface area contributed by atoms with Crippen LogP contribution in [0.1, 0.15) is 37.0 Å². The minimum atomic E-state index is -0.463. The van der Waals surface area contributed by atoms with Gasteiger partial charge in [-0.15, -0.1) is 11.6 Å². The summed E-state index contributed by atoms with van der Waals surface area (Å²) in [7, 11) is 0. The summed E-state index contributed by atoms with van der Waals surface area (Å²) in [6.45, 7) is 5.22. The maximum atomic E-state index is 7.02. The molecule has 4 rings (SSSR count). The molecule has 1 N–H and O–H groups in total. The van der Waals surface area contributed by atoms with Crippen LogP contribution in [0.4, 0.5) is 0 Å². The molecule has 1 aliphatic heterocycles. The average Bonchev–Trinajstić information content (AvgIpc) is 3.15. The van der Waals surface area contributed by atoms with E-state index in [1.807, 2.05) is 0 Å². The SMILES string of the molecule is CC(C)C1(Cl)CCN(C(c2ccccc2)(c2ccccc2)c2ccccc2)N1. The summed E-state index contributed by atoms with van der Waals surface area (Å²) in [6.07, 6.45) is 0.889. The Labute approximate surface area is 173 Å². The molecule has 1 atom stereocenters. The molecule has 0 saturated carbocycles. The van der Waals surface area contributed by atoms with Crippen molar-refractivity contribution in [2.75, 3.05) is 6.54 Å². The normalized spacial score (nSPS) is 20.6. The van der Waals surface area contributed by atoms with E-state index in [2.05, 4.69) is 115 Å². The number of rotatable bonds is 5. The number of hydrazine groups is 1. The van der Waals surface area contributed by atoms with Crippen molar-refractivity contribution in [3.63, 3.8) is 0 Å². The van der Waals surface area contributed by atoms with Crippen molar-refractivity contribution in [2.45, 2.75) is 30.8 Å². The molecule has 0 bridgehead atoms. The van der Waals surface area contributed by atoms with E-state index in [9.17, 15) is 0 Å². The summed E-state index contributed by atoms with van der Waals surface area (Å²) in [4.78, 5) is -0.441. The van der Waals surface area contributed by atoms with E-state index in [0.717, 1.165) is 13.0 Å². The molecule has 1 aliphatic rings. The van der Waals surface area contributed by atoms with Gasteiger partial charge in [-0.05, 0) is 29.0 Å². The highest BCUT2D eigenvalue weighted by atomic mass is 35.5. The van der Waals surface area contributed by atoms with Crippen LogP contribution in [0.3, 0.4) is 0 Å². The molecule has 3 aromatic carbocycles. The minimum Gasteiger partial charge on any atom is -0.233 e. The van der Waals surface area contributed by atoms with Crippen molar-refractivity contribution in [1.82, 2.24) is 10.4 Å². The van der Waals surface area contributed by atoms with Crippen LogP contribution >= 0.6 is 11.6 Å². The Morgan fingerprint density at radius 3 is 1.50 bits per heavy atom. The largest absolute Gasteiger partial charge is 0.233 e. The Morgan fingerprint density at radius 1 is 0.786 bits per heavy atom. The highest BCUT2D eigenvalue weighted by Gasteiger charge is 2.49. The van der Waals surface area contributed by atoms with E-state index < -0.39 is 10.5 Å². The van der Waals surface area contributed by atoms with Gasteiger partial charge in [0.1, 0.15) is 10.5 Å². The molecule has 144 valence electrons. The van der Waals surface area contributed by atoms with Gasteiger partial charge in [0, 0.05) is 6.54 Å². The van der Waals surface area contributed by atoms with Crippen LogP contribution in [-0.4, -0.2) is 16.6 Å². The Balaban J connectivity index is 1.97. The summed E-state index contributed by atoms with van der Waals surface area (Å²) in [5.41, 5.74) is 6.92. The standard InChI is InChI=1S/C25H27ClN2/c1-20(2)24(26)18-19-28(27-24)25(21-12-6-3-7-13-21,22-14-8-4-9-15-22)23-16-10-5-11-17-23/h3-17,20,27H,18-19H2,1-2H3. The number of hydrogen-bond acceptors (Lipinski definition) is 2. The zero-order valence-corrected chi connectivity index (χ0v) is 17.2. The number of nitrogens with one attached hydrogen (secondary N) is 1. The number of alkyl halides is 1. The topological polar surface area (TPSA) is 15.3 Å². The first kappa shape index (κ1) is 19.2. The first-order valence-corrected chi connectivity index (χ1v) is 10.4. The van der Waals surface area contributed by atoms with Crippen LogP contribution in [0.5, 0.6) is 0 Å². The fourth-order valence-corrected chi connectivity index (χ4v) is 4.47. The fraction of sp³-hybridized carbons (Fsp3) is 0.280. The summed E-state index contributed by atoms with van der Waals surface area (Å²) in [5, 5.41) is 2.35. The lowest BCUT2D eigenvalue weighted by atomic mass is 9.76. The van der Waals surface area contributed by atoms with E-state index in [4.69, 9.17) is 11.6 Å². The molecule has 0 radical (unpaired) electrons. The van der Waals surface area contributed by atoms with Gasteiger partial charge in [-0.25, -0.2) is 10.4 Å². The van der Waals surface area contributed by atoms with Gasteiger partial charge in [-0.2, -0.15) is 0 Å². The van der Waals surface area contributed by atoms with Crippen molar-refractivity contribution in [3.05, 3.63) is 108 Å². The predicted molar refractivity (Wildman–Crippen MR) is 117 cm³/mol. The lowest BCUT2D eigenvalue weighted by molar-refractivity contribution is 0.109. The van der Waals surface area contributed by atoms with Crippen LogP contribution in [0, 0.1) is 5.92 Å². The first-order valence-electron chi connectivity index (χ1n) is 9.98. The van der Waals surface area contributed by atoms with Gasteiger partial charge in [0.05, 0.1) is 0 Å². The molecule has 1 fully saturated rings. The predicted octanol–water partition coefficient (Wildman–Crippen LogP) is 5.78. The molecule has 3 heteroatoms. The molecular formula is C25H27ClN2. The van der Waals surface area contributed by atoms with Crippen molar-refractivity contribution in [2.24, 2.45) is 5.92 Å². The monoisotopic (exact) mass is 390 g/mol. The van der Waals surface area contributed by atoms with Crippen molar-refractivity contribution < 1.29 is 0 Å². The first-order chi connectivity index (χ1) is 13.6. The van der Waals surface area contributed by atoms with Gasteiger partial charge in [0.25, 0.3) is 0 Å². The lowest BCUT2D eigenvalue weighted by Gasteiger charge is -2.44. The van der Waals surface area contributed by atoms with E-state index in [0.29, 0.717) is 5.92 Å². The van der Waals surface area contributed by atoms with Gasteiger partial charge in [-0.1, -0.05) is 105 Å². The smallest absolute Gasteiger partial charge is 0.110 e. The number of benzene rings is 3. The third-order valence-electron chi connectivity index (χ3n) is 5.91. The molecule has 3 aromatic rings. The van der Waals surface area contributed by atoms with E-state index in [1.54, 1.807) is 0 Å². The second kappa shape index (κ2) is 7.71. The van der Waals surface area contributed by atoms with Crippen LogP contribution < -0.4 is 5.43 Å². The second-order valence-electron chi connectivity index (χ2n) is 7.84. The second-order valence-corrected chi connectivity index (χ2v) is 8.51. The maximum absolute atomic E-state index is 7.02. The van der Waals surface area contributed by atoms with Crippen LogP contribution in [0.2, 0.25) is 0 Å². The third kappa shape index (κ3) is 3.16. The van der Waals surface area contributed by atoms with Crippen LogP contribution in [-0.2, 0) is 5.54 Å². The Hall–Kier alpha value is -2.13. The van der Waals surface area contributed by atoms with E-state index >= 15 is 0 Å². The maximum Gasteiger partial charge on any atom is 0.110 e. The summed E-state index contributed by atoms with van der Waals surface area (Å²) >= 11 is 7.02. The van der Waals surface area contributed by atoms with Gasteiger partial charge in [0.2, 0.25) is 0 Å². The molecule has 0 aromatic heterocycles. The highest BCUT2D eigenvalue weighted by Crippen LogP contribution is 2.45. The molecule has 1 saturated heterocycles. The fourth-order valence-electron chi connectivity index (χ4n) is 4.29. The third-order valence-corrected chi connectivity index (χ3v) is 6.62. The molecule has 1 unspecified atom stereocenters. The van der Waals surface area contributed by atoms with Crippen molar-refractivity contribution in [3.8, 4) is 0 Å². The zero-order valence-electron chi connectivity index (χ0n) is 16.5. The van der Waals surface area contributed by atoms with E-state index in [-0.39, 0.29) is 0 Å². The van der Waals surface area contributed by atoms with Gasteiger partial charge in [-0.3, -0.25) is 0 Å². The zero-order chi connectivity index (χ0) is 19.6. The average molecular weight is 391 g/mol. The van der Waals surface area contributed by atoms with Gasteiger partial charge >= 0.3 is 0 Å². The Kier molecular flexibility index (Phi) is 5.29. The Morgan fingerprint density at radius 2 is 1.18 bits per heavy atom. The molecule has 1 heterocycles. The summed E-state index contributed by atoms with van der Waals surface area (Å²) in [6, 6.07) is 32.2. The molecular weight excluding hydrogens is 364 g/mol. The highest BCUT2D eigenvalue weighted by molar-refractivity contribution is 6.23. The van der Waals surface area contributed by atoms with Crippen molar-refractivity contribution >= 4 is 11.6 Å². The summed E-state index contributed by atoms with van der Waals surface area (Å²) < 4.78 is 0. The molecule has 2 nitrogen and oxygen atoms in total.